The zero-order valence-corrected chi connectivity index (χ0v) is 10.4. The Morgan fingerprint density at radius 2 is 1.69 bits per heavy atom. The van der Waals surface area contributed by atoms with Crippen molar-refractivity contribution in [2.75, 3.05) is 0 Å². The zero-order valence-electron chi connectivity index (χ0n) is 9.54. The van der Waals surface area contributed by atoms with E-state index in [1.54, 1.807) is 12.1 Å². The minimum atomic E-state index is -3.78. The third-order valence-corrected chi connectivity index (χ3v) is 3.67. The number of rotatable bonds is 4. The summed E-state index contributed by atoms with van der Waals surface area (Å²) < 4.78 is 28.3. The summed E-state index contributed by atoms with van der Waals surface area (Å²) in [4.78, 5) is 0.102. The number of hydrogen-bond acceptors (Lipinski definition) is 4. The van der Waals surface area contributed by atoms with Crippen LogP contribution in [0, 0.1) is 6.92 Å². The molecule has 0 aliphatic carbocycles. The van der Waals surface area contributed by atoms with E-state index in [1.807, 2.05) is 6.92 Å². The summed E-state index contributed by atoms with van der Waals surface area (Å²) in [7, 11) is -3.78. The molecule has 0 aliphatic heterocycles. The van der Waals surface area contributed by atoms with Crippen LogP contribution in [0.4, 0.5) is 0 Å². The lowest BCUT2D eigenvalue weighted by Gasteiger charge is -2.15. The Morgan fingerprint density at radius 3 is 2.12 bits per heavy atom. The van der Waals surface area contributed by atoms with Crippen LogP contribution < -0.4 is 0 Å². The summed E-state index contributed by atoms with van der Waals surface area (Å²) in [5.74, 6) is 0. The van der Waals surface area contributed by atoms with Crippen molar-refractivity contribution in [2.24, 2.45) is 0 Å². The maximum absolute atomic E-state index is 11.7. The highest BCUT2D eigenvalue weighted by Crippen LogP contribution is 2.16. The first kappa shape index (κ1) is 13.2. The number of aliphatic hydroxyl groups excluding tert-OH is 1. The van der Waals surface area contributed by atoms with E-state index in [1.165, 1.54) is 26.0 Å². The first-order valence-electron chi connectivity index (χ1n) is 5.01. The van der Waals surface area contributed by atoms with Crippen LogP contribution in [0.5, 0.6) is 0 Å². The van der Waals surface area contributed by atoms with Crippen LogP contribution in [0.3, 0.4) is 0 Å². The standard InChI is InChI=1S/C11H16O4S/c1-8-4-6-11(7-5-8)16(13,14)15-10(3)9(2)12/h4-7,9-10,12H,1-3H3. The number of hydrogen-bond donors (Lipinski definition) is 1. The molecule has 1 aromatic carbocycles. The Bertz CT molecular complexity index is 434. The zero-order chi connectivity index (χ0) is 12.3. The van der Waals surface area contributed by atoms with Gasteiger partial charge in [-0.1, -0.05) is 17.7 Å². The van der Waals surface area contributed by atoms with Crippen LogP contribution in [0.1, 0.15) is 19.4 Å². The molecule has 0 aliphatic rings. The Balaban J connectivity index is 2.90. The van der Waals surface area contributed by atoms with Gasteiger partial charge in [0, 0.05) is 0 Å². The molecule has 0 bridgehead atoms. The second-order valence-corrected chi connectivity index (χ2v) is 5.38. The molecule has 2 atom stereocenters. The first-order valence-corrected chi connectivity index (χ1v) is 6.42. The van der Waals surface area contributed by atoms with Gasteiger partial charge in [-0.25, -0.2) is 0 Å². The molecule has 1 rings (SSSR count). The van der Waals surface area contributed by atoms with Gasteiger partial charge >= 0.3 is 0 Å². The van der Waals surface area contributed by atoms with Crippen LogP contribution in [0.2, 0.25) is 0 Å². The van der Waals surface area contributed by atoms with Gasteiger partial charge in [0.05, 0.1) is 11.0 Å². The van der Waals surface area contributed by atoms with E-state index in [9.17, 15) is 13.5 Å². The maximum Gasteiger partial charge on any atom is 0.297 e. The van der Waals surface area contributed by atoms with Gasteiger partial charge in [-0.3, -0.25) is 4.18 Å². The first-order chi connectivity index (χ1) is 7.33. The third-order valence-electron chi connectivity index (χ3n) is 2.27. The summed E-state index contributed by atoms with van der Waals surface area (Å²) in [6.45, 7) is 4.86. The molecule has 4 nitrogen and oxygen atoms in total. The monoisotopic (exact) mass is 244 g/mol. The molecule has 90 valence electrons. The predicted octanol–water partition coefficient (Wildman–Crippen LogP) is 1.47. The van der Waals surface area contributed by atoms with Gasteiger partial charge in [-0.15, -0.1) is 0 Å². The highest BCUT2D eigenvalue weighted by molar-refractivity contribution is 7.86. The molecule has 2 unspecified atom stereocenters. The van der Waals surface area contributed by atoms with Crippen molar-refractivity contribution in [3.63, 3.8) is 0 Å². The number of benzene rings is 1. The maximum atomic E-state index is 11.7. The molecule has 1 N–H and O–H groups in total. The number of aryl methyl sites for hydroxylation is 1. The average Bonchev–Trinajstić information content (AvgIpc) is 2.17. The molecule has 0 saturated heterocycles. The largest absolute Gasteiger partial charge is 0.391 e. The van der Waals surface area contributed by atoms with Gasteiger partial charge in [0.1, 0.15) is 6.10 Å². The van der Waals surface area contributed by atoms with Gasteiger partial charge in [0.25, 0.3) is 10.1 Å². The van der Waals surface area contributed by atoms with Crippen molar-refractivity contribution in [1.29, 1.82) is 0 Å². The Morgan fingerprint density at radius 1 is 1.19 bits per heavy atom. The molecular formula is C11H16O4S. The van der Waals surface area contributed by atoms with Gasteiger partial charge in [-0.05, 0) is 32.9 Å². The van der Waals surface area contributed by atoms with E-state index < -0.39 is 22.3 Å². The highest BCUT2D eigenvalue weighted by atomic mass is 32.2. The summed E-state index contributed by atoms with van der Waals surface area (Å²) in [6, 6.07) is 6.37. The second kappa shape index (κ2) is 4.95. The molecule has 0 aromatic heterocycles. The smallest absolute Gasteiger partial charge is 0.297 e. The van der Waals surface area contributed by atoms with E-state index >= 15 is 0 Å². The molecule has 16 heavy (non-hydrogen) atoms. The average molecular weight is 244 g/mol. The van der Waals surface area contributed by atoms with E-state index in [0.29, 0.717) is 0 Å². The van der Waals surface area contributed by atoms with Gasteiger partial charge in [-0.2, -0.15) is 8.42 Å². The SMILES string of the molecule is Cc1ccc(S(=O)(=O)OC(C)C(C)O)cc1. The fraction of sp³-hybridized carbons (Fsp3) is 0.455. The van der Waals surface area contributed by atoms with Crippen molar-refractivity contribution < 1.29 is 17.7 Å². The molecule has 0 amide bonds. The van der Waals surface area contributed by atoms with E-state index in [0.717, 1.165) is 5.56 Å². The van der Waals surface area contributed by atoms with E-state index in [4.69, 9.17) is 4.18 Å². The molecule has 0 fully saturated rings. The van der Waals surface area contributed by atoms with Crippen LogP contribution >= 0.6 is 0 Å². The minimum absolute atomic E-state index is 0.102. The van der Waals surface area contributed by atoms with Gasteiger partial charge < -0.3 is 5.11 Å². The second-order valence-electron chi connectivity index (χ2n) is 3.81. The molecule has 0 heterocycles. The normalized spacial score (nSPS) is 15.8. The molecule has 0 radical (unpaired) electrons. The van der Waals surface area contributed by atoms with Crippen molar-refractivity contribution >= 4 is 10.1 Å². The summed E-state index contributed by atoms with van der Waals surface area (Å²) in [6.07, 6.45) is -1.59. The molecule has 0 saturated carbocycles. The van der Waals surface area contributed by atoms with Gasteiger partial charge in [0.15, 0.2) is 0 Å². The third kappa shape index (κ3) is 3.30. The Kier molecular flexibility index (Phi) is 4.07. The van der Waals surface area contributed by atoms with Crippen molar-refractivity contribution in [2.45, 2.75) is 37.9 Å². The highest BCUT2D eigenvalue weighted by Gasteiger charge is 2.21. The van der Waals surface area contributed by atoms with Crippen molar-refractivity contribution in [1.82, 2.24) is 0 Å². The van der Waals surface area contributed by atoms with Crippen LogP contribution in [0.25, 0.3) is 0 Å². The van der Waals surface area contributed by atoms with Crippen molar-refractivity contribution in [3.8, 4) is 0 Å². The number of aliphatic hydroxyl groups is 1. The summed E-state index contributed by atoms with van der Waals surface area (Å²) in [5.41, 5.74) is 0.975. The lowest BCUT2D eigenvalue weighted by atomic mass is 10.2. The topological polar surface area (TPSA) is 63.6 Å². The van der Waals surface area contributed by atoms with Gasteiger partial charge in [0.2, 0.25) is 0 Å². The molecule has 5 heteroatoms. The Labute approximate surface area is 96.0 Å². The quantitative estimate of drug-likeness (QED) is 0.815. The Hall–Kier alpha value is -0.910. The van der Waals surface area contributed by atoms with E-state index in [-0.39, 0.29) is 4.90 Å². The van der Waals surface area contributed by atoms with Crippen LogP contribution in [0.15, 0.2) is 29.2 Å². The van der Waals surface area contributed by atoms with E-state index in [2.05, 4.69) is 0 Å². The lowest BCUT2D eigenvalue weighted by molar-refractivity contribution is 0.0646. The predicted molar refractivity (Wildman–Crippen MR) is 60.6 cm³/mol. The fourth-order valence-corrected chi connectivity index (χ4v) is 2.18. The van der Waals surface area contributed by atoms with Crippen LogP contribution in [-0.2, 0) is 14.3 Å². The summed E-state index contributed by atoms with van der Waals surface area (Å²) >= 11 is 0. The van der Waals surface area contributed by atoms with Crippen LogP contribution in [-0.4, -0.2) is 25.7 Å². The molecule has 1 aromatic rings. The molecular weight excluding hydrogens is 228 g/mol. The summed E-state index contributed by atoms with van der Waals surface area (Å²) in [5, 5.41) is 9.19. The van der Waals surface area contributed by atoms with Crippen molar-refractivity contribution in [3.05, 3.63) is 29.8 Å². The lowest BCUT2D eigenvalue weighted by Crippen LogP contribution is -2.26. The fourth-order valence-electron chi connectivity index (χ4n) is 1.04. The minimum Gasteiger partial charge on any atom is -0.391 e. The molecule has 0 spiro atoms.